The highest BCUT2D eigenvalue weighted by Gasteiger charge is 2.28. The normalized spacial score (nSPS) is 18.4. The summed E-state index contributed by atoms with van der Waals surface area (Å²) in [4.78, 5) is 25.0. The Morgan fingerprint density at radius 2 is 2.00 bits per heavy atom. The summed E-state index contributed by atoms with van der Waals surface area (Å²) in [5.74, 6) is -0.748. The molecule has 27 heavy (non-hydrogen) atoms. The number of aromatic carboxylic acids is 1. The molecule has 1 heterocycles. The minimum atomic E-state index is -0.921. The van der Waals surface area contributed by atoms with Gasteiger partial charge in [-0.2, -0.15) is 0 Å². The van der Waals surface area contributed by atoms with Crippen LogP contribution in [-0.2, 0) is 11.2 Å². The number of amides is 1. The van der Waals surface area contributed by atoms with Crippen molar-refractivity contribution in [1.29, 1.82) is 0 Å². The van der Waals surface area contributed by atoms with Crippen molar-refractivity contribution in [1.82, 2.24) is 4.90 Å². The third-order valence-electron chi connectivity index (χ3n) is 5.10. The predicted molar refractivity (Wildman–Crippen MR) is 106 cm³/mol. The van der Waals surface area contributed by atoms with Gasteiger partial charge in [-0.15, -0.1) is 0 Å². The summed E-state index contributed by atoms with van der Waals surface area (Å²) in [6.45, 7) is 2.82. The van der Waals surface area contributed by atoms with E-state index in [0.29, 0.717) is 13.0 Å². The molecule has 0 bridgehead atoms. The number of unbranched alkanes of at least 4 members (excludes halogenated alkanes) is 2. The van der Waals surface area contributed by atoms with Crippen LogP contribution in [0.2, 0.25) is 0 Å². The Labute approximate surface area is 161 Å². The number of carboxylic acids is 1. The number of hydrogen-bond acceptors (Lipinski definition) is 3. The summed E-state index contributed by atoms with van der Waals surface area (Å²) in [6.07, 6.45) is 10.5. The summed E-state index contributed by atoms with van der Waals surface area (Å²) >= 11 is 0. The van der Waals surface area contributed by atoms with Gasteiger partial charge in [-0.25, -0.2) is 4.79 Å². The number of carbonyl (C=O) groups is 2. The molecule has 1 aliphatic rings. The summed E-state index contributed by atoms with van der Waals surface area (Å²) in [7, 11) is 0. The smallest absolute Gasteiger partial charge is 0.335 e. The van der Waals surface area contributed by atoms with Crippen LogP contribution in [0, 0.1) is 0 Å². The summed E-state index contributed by atoms with van der Waals surface area (Å²) in [6, 6.07) is 6.97. The Hall–Kier alpha value is -2.14. The molecule has 0 aliphatic carbocycles. The molecule has 1 aliphatic heterocycles. The van der Waals surface area contributed by atoms with E-state index in [2.05, 4.69) is 6.92 Å². The molecule has 0 radical (unpaired) electrons. The summed E-state index contributed by atoms with van der Waals surface area (Å²) in [5.41, 5.74) is 1.36. The van der Waals surface area contributed by atoms with Crippen LogP contribution in [0.5, 0.6) is 0 Å². The molecule has 0 saturated carbocycles. The molecule has 1 aromatic carbocycles. The van der Waals surface area contributed by atoms with Crippen LogP contribution in [0.25, 0.3) is 0 Å². The number of rotatable bonds is 11. The zero-order valence-corrected chi connectivity index (χ0v) is 16.1. The fourth-order valence-electron chi connectivity index (χ4n) is 3.47. The van der Waals surface area contributed by atoms with Crippen molar-refractivity contribution >= 4 is 11.9 Å². The van der Waals surface area contributed by atoms with E-state index in [1.165, 1.54) is 0 Å². The number of likely N-dealkylation sites (tertiary alicyclic amines) is 1. The number of aliphatic hydroxyl groups is 1. The maximum absolute atomic E-state index is 12.2. The second kappa shape index (κ2) is 10.9. The van der Waals surface area contributed by atoms with Gasteiger partial charge in [-0.1, -0.05) is 50.5 Å². The molecule has 5 heteroatoms. The molecule has 0 aromatic heterocycles. The van der Waals surface area contributed by atoms with Crippen LogP contribution in [0.1, 0.15) is 67.8 Å². The predicted octanol–water partition coefficient (Wildman–Crippen LogP) is 3.81. The van der Waals surface area contributed by atoms with E-state index in [9.17, 15) is 14.7 Å². The van der Waals surface area contributed by atoms with E-state index in [0.717, 1.165) is 50.5 Å². The molecular weight excluding hydrogens is 342 g/mol. The lowest BCUT2D eigenvalue weighted by molar-refractivity contribution is -0.128. The van der Waals surface area contributed by atoms with Crippen LogP contribution in [0.15, 0.2) is 36.4 Å². The van der Waals surface area contributed by atoms with Crippen molar-refractivity contribution < 1.29 is 19.8 Å². The fourth-order valence-corrected chi connectivity index (χ4v) is 3.47. The Kier molecular flexibility index (Phi) is 8.52. The monoisotopic (exact) mass is 373 g/mol. The average molecular weight is 373 g/mol. The van der Waals surface area contributed by atoms with E-state index < -0.39 is 12.1 Å². The lowest BCUT2D eigenvalue weighted by atomic mass is 10.1. The molecule has 148 valence electrons. The molecule has 1 amide bonds. The van der Waals surface area contributed by atoms with Crippen molar-refractivity contribution in [2.75, 3.05) is 6.54 Å². The number of aliphatic hydroxyl groups excluding tert-OH is 1. The lowest BCUT2D eigenvalue weighted by Crippen LogP contribution is -2.33. The second-order valence-corrected chi connectivity index (χ2v) is 7.25. The van der Waals surface area contributed by atoms with E-state index in [-0.39, 0.29) is 17.5 Å². The molecule has 5 nitrogen and oxygen atoms in total. The van der Waals surface area contributed by atoms with Crippen LogP contribution in [0.4, 0.5) is 0 Å². The highest BCUT2D eigenvalue weighted by Crippen LogP contribution is 2.21. The zero-order chi connectivity index (χ0) is 19.6. The van der Waals surface area contributed by atoms with Gasteiger partial charge in [0.15, 0.2) is 0 Å². The molecule has 2 rings (SSSR count). The number of nitrogens with zero attached hydrogens (tertiary/aromatic N) is 1. The number of aryl methyl sites for hydroxylation is 1. The molecule has 1 aromatic rings. The highest BCUT2D eigenvalue weighted by molar-refractivity contribution is 5.87. The molecule has 0 spiro atoms. The van der Waals surface area contributed by atoms with Crippen molar-refractivity contribution in [3.8, 4) is 0 Å². The van der Waals surface area contributed by atoms with Gasteiger partial charge in [-0.3, -0.25) is 4.79 Å². The number of carbonyl (C=O) groups excluding carboxylic acids is 1. The first-order valence-electron chi connectivity index (χ1n) is 9.99. The third-order valence-corrected chi connectivity index (χ3v) is 5.10. The quantitative estimate of drug-likeness (QED) is 0.457. The van der Waals surface area contributed by atoms with Gasteiger partial charge < -0.3 is 15.1 Å². The van der Waals surface area contributed by atoms with Crippen LogP contribution in [-0.4, -0.2) is 45.7 Å². The van der Waals surface area contributed by atoms with Gasteiger partial charge in [0.2, 0.25) is 5.91 Å². The Bertz CT molecular complexity index is 638. The van der Waals surface area contributed by atoms with Crippen molar-refractivity contribution in [2.45, 2.75) is 70.4 Å². The zero-order valence-electron chi connectivity index (χ0n) is 16.1. The van der Waals surface area contributed by atoms with E-state index in [4.69, 9.17) is 5.11 Å². The second-order valence-electron chi connectivity index (χ2n) is 7.25. The van der Waals surface area contributed by atoms with E-state index in [1.54, 1.807) is 12.1 Å². The first kappa shape index (κ1) is 21.2. The topological polar surface area (TPSA) is 77.8 Å². The maximum atomic E-state index is 12.2. The number of benzene rings is 1. The van der Waals surface area contributed by atoms with Gasteiger partial charge >= 0.3 is 5.97 Å². The maximum Gasteiger partial charge on any atom is 0.335 e. The fraction of sp³-hybridized carbons (Fsp3) is 0.545. The van der Waals surface area contributed by atoms with Crippen molar-refractivity contribution in [3.05, 3.63) is 47.5 Å². The van der Waals surface area contributed by atoms with Crippen LogP contribution < -0.4 is 0 Å². The molecule has 1 fully saturated rings. The van der Waals surface area contributed by atoms with Gasteiger partial charge in [0, 0.05) is 13.0 Å². The van der Waals surface area contributed by atoms with Crippen LogP contribution in [0.3, 0.4) is 0 Å². The Morgan fingerprint density at radius 1 is 1.26 bits per heavy atom. The Balaban J connectivity index is 1.80. The van der Waals surface area contributed by atoms with Crippen LogP contribution >= 0.6 is 0 Å². The Morgan fingerprint density at radius 3 is 2.67 bits per heavy atom. The summed E-state index contributed by atoms with van der Waals surface area (Å²) < 4.78 is 0. The standard InChI is InChI=1S/C22H31NO4/c1-2-3-4-7-20(24)14-12-19-13-15-21(25)23(19)16-5-6-17-8-10-18(11-9-17)22(26)27/h8-12,14,19-20,24H,2-7,13,15-16H2,1H3,(H,26,27)/b14-12+/t19-,20-/m0/s1. The highest BCUT2D eigenvalue weighted by atomic mass is 16.4. The SMILES string of the molecule is CCCCC[C@H](O)/C=C/[C@H]1CCC(=O)N1CCCc1ccc(C(=O)O)cc1. The molecule has 1 saturated heterocycles. The average Bonchev–Trinajstić information content (AvgIpc) is 3.00. The van der Waals surface area contributed by atoms with Gasteiger partial charge in [0.1, 0.15) is 0 Å². The van der Waals surface area contributed by atoms with Gasteiger partial charge in [-0.05, 0) is 43.4 Å². The molecule has 0 unspecified atom stereocenters. The largest absolute Gasteiger partial charge is 0.478 e. The first-order valence-corrected chi connectivity index (χ1v) is 9.99. The third kappa shape index (κ3) is 6.83. The molecular formula is C22H31NO4. The minimum Gasteiger partial charge on any atom is -0.478 e. The summed E-state index contributed by atoms with van der Waals surface area (Å²) in [5, 5.41) is 19.0. The molecule has 2 N–H and O–H groups in total. The van der Waals surface area contributed by atoms with E-state index >= 15 is 0 Å². The number of carboxylic acid groups (broad SMARTS) is 1. The van der Waals surface area contributed by atoms with E-state index in [1.807, 2.05) is 29.2 Å². The first-order chi connectivity index (χ1) is 13.0. The van der Waals surface area contributed by atoms with Crippen molar-refractivity contribution in [3.63, 3.8) is 0 Å². The lowest BCUT2D eigenvalue weighted by Gasteiger charge is -2.22. The minimum absolute atomic E-state index is 0.0766. The van der Waals surface area contributed by atoms with Gasteiger partial charge in [0.05, 0.1) is 17.7 Å². The number of hydrogen-bond donors (Lipinski definition) is 2. The molecule has 2 atom stereocenters. The van der Waals surface area contributed by atoms with Crippen molar-refractivity contribution in [2.24, 2.45) is 0 Å². The van der Waals surface area contributed by atoms with Gasteiger partial charge in [0.25, 0.3) is 0 Å².